The summed E-state index contributed by atoms with van der Waals surface area (Å²) in [5, 5.41) is 3.50. The molecule has 0 spiro atoms. The van der Waals surface area contributed by atoms with Crippen molar-refractivity contribution in [3.8, 4) is 0 Å². The van der Waals surface area contributed by atoms with Gasteiger partial charge in [0.25, 0.3) is 0 Å². The van der Waals surface area contributed by atoms with Crippen molar-refractivity contribution in [2.75, 3.05) is 7.05 Å². The van der Waals surface area contributed by atoms with Crippen LogP contribution in [-0.2, 0) is 0 Å². The molecule has 90 valence electrons. The lowest BCUT2D eigenvalue weighted by molar-refractivity contribution is 0.320. The molecule has 1 saturated carbocycles. The largest absolute Gasteiger partial charge is 0.317 e. The second-order valence-electron chi connectivity index (χ2n) is 5.23. The van der Waals surface area contributed by atoms with Crippen molar-refractivity contribution in [3.63, 3.8) is 0 Å². The Morgan fingerprint density at radius 2 is 1.93 bits per heavy atom. The molecule has 3 atom stereocenters. The average Bonchev–Trinajstić information content (AvgIpc) is 2.47. The van der Waals surface area contributed by atoms with Crippen LogP contribution in [-0.4, -0.2) is 13.1 Å². The van der Waals surface area contributed by atoms with Crippen LogP contribution in [0.4, 0.5) is 0 Å². The molecule has 0 bridgehead atoms. The van der Waals surface area contributed by atoms with Crippen LogP contribution in [0.1, 0.15) is 65.2 Å². The molecule has 0 aromatic carbocycles. The zero-order valence-electron chi connectivity index (χ0n) is 10.9. The van der Waals surface area contributed by atoms with Crippen LogP contribution in [0, 0.1) is 11.8 Å². The molecule has 0 heterocycles. The van der Waals surface area contributed by atoms with Crippen LogP contribution < -0.4 is 5.32 Å². The molecule has 15 heavy (non-hydrogen) atoms. The van der Waals surface area contributed by atoms with Gasteiger partial charge in [-0.3, -0.25) is 0 Å². The lowest BCUT2D eigenvalue weighted by atomic mass is 9.89. The van der Waals surface area contributed by atoms with Crippen molar-refractivity contribution in [3.05, 3.63) is 0 Å². The Kier molecular flexibility index (Phi) is 6.31. The van der Waals surface area contributed by atoms with Crippen molar-refractivity contribution in [1.82, 2.24) is 5.32 Å². The highest BCUT2D eigenvalue weighted by Crippen LogP contribution is 2.32. The lowest BCUT2D eigenvalue weighted by Gasteiger charge is -2.24. The average molecular weight is 211 g/mol. The summed E-state index contributed by atoms with van der Waals surface area (Å²) in [6.45, 7) is 4.64. The maximum absolute atomic E-state index is 3.50. The molecule has 0 aliphatic heterocycles. The highest BCUT2D eigenvalue weighted by molar-refractivity contribution is 4.78. The predicted molar refractivity (Wildman–Crippen MR) is 68.1 cm³/mol. The molecular weight excluding hydrogens is 182 g/mol. The van der Waals surface area contributed by atoms with E-state index in [9.17, 15) is 0 Å². The van der Waals surface area contributed by atoms with Crippen LogP contribution in [0.15, 0.2) is 0 Å². The van der Waals surface area contributed by atoms with E-state index in [0.29, 0.717) is 0 Å². The van der Waals surface area contributed by atoms with Crippen LogP contribution in [0.2, 0.25) is 0 Å². The van der Waals surface area contributed by atoms with Crippen molar-refractivity contribution in [1.29, 1.82) is 0 Å². The summed E-state index contributed by atoms with van der Waals surface area (Å²) in [4.78, 5) is 0. The molecule has 1 heteroatoms. The van der Waals surface area contributed by atoms with Gasteiger partial charge in [0.1, 0.15) is 0 Å². The van der Waals surface area contributed by atoms with E-state index in [2.05, 4.69) is 26.2 Å². The lowest BCUT2D eigenvalue weighted by Crippen LogP contribution is -2.32. The molecule has 0 saturated heterocycles. The first kappa shape index (κ1) is 13.0. The molecule has 1 fully saturated rings. The molecule has 1 aliphatic rings. The summed E-state index contributed by atoms with van der Waals surface area (Å²) in [5.41, 5.74) is 0. The van der Waals surface area contributed by atoms with Gasteiger partial charge < -0.3 is 5.32 Å². The highest BCUT2D eigenvalue weighted by Gasteiger charge is 2.23. The first-order valence-electron chi connectivity index (χ1n) is 6.99. The van der Waals surface area contributed by atoms with Gasteiger partial charge in [-0.2, -0.15) is 0 Å². The summed E-state index contributed by atoms with van der Waals surface area (Å²) in [6, 6.07) is 0.769. The Labute approximate surface area is 96.0 Å². The molecule has 1 aliphatic carbocycles. The second kappa shape index (κ2) is 7.27. The van der Waals surface area contributed by atoms with Gasteiger partial charge in [-0.1, -0.05) is 46.0 Å². The molecule has 0 aromatic rings. The SMILES string of the molecule is CCCC1CCCC(C(CC)NC)CC1. The Morgan fingerprint density at radius 1 is 1.13 bits per heavy atom. The maximum Gasteiger partial charge on any atom is 0.00897 e. The first-order chi connectivity index (χ1) is 7.31. The van der Waals surface area contributed by atoms with E-state index < -0.39 is 0 Å². The fraction of sp³-hybridized carbons (Fsp3) is 1.00. The first-order valence-corrected chi connectivity index (χ1v) is 6.99. The van der Waals surface area contributed by atoms with Crippen molar-refractivity contribution in [2.45, 2.75) is 71.3 Å². The second-order valence-corrected chi connectivity index (χ2v) is 5.23. The van der Waals surface area contributed by atoms with E-state index >= 15 is 0 Å². The minimum Gasteiger partial charge on any atom is -0.317 e. The van der Waals surface area contributed by atoms with Gasteiger partial charge >= 0.3 is 0 Å². The van der Waals surface area contributed by atoms with Gasteiger partial charge in [0.05, 0.1) is 0 Å². The Bertz CT molecular complexity index is 151. The highest BCUT2D eigenvalue weighted by atomic mass is 14.9. The topological polar surface area (TPSA) is 12.0 Å². The van der Waals surface area contributed by atoms with Crippen molar-refractivity contribution >= 4 is 0 Å². The van der Waals surface area contributed by atoms with E-state index in [1.807, 2.05) is 0 Å². The quantitative estimate of drug-likeness (QED) is 0.678. The predicted octanol–water partition coefficient (Wildman–Crippen LogP) is 3.98. The Hall–Kier alpha value is -0.0400. The molecule has 0 aromatic heterocycles. The number of hydrogen-bond acceptors (Lipinski definition) is 1. The molecule has 1 nitrogen and oxygen atoms in total. The standard InChI is InChI=1S/C14H29N/c1-4-7-12-8-6-9-13(11-10-12)14(5-2)15-3/h12-15H,4-11H2,1-3H3. The minimum atomic E-state index is 0.769. The van der Waals surface area contributed by atoms with Gasteiger partial charge in [-0.25, -0.2) is 0 Å². The fourth-order valence-corrected chi connectivity index (χ4v) is 3.28. The van der Waals surface area contributed by atoms with Gasteiger partial charge in [0.2, 0.25) is 0 Å². The van der Waals surface area contributed by atoms with Gasteiger partial charge in [0, 0.05) is 6.04 Å². The van der Waals surface area contributed by atoms with E-state index in [0.717, 1.165) is 17.9 Å². The summed E-state index contributed by atoms with van der Waals surface area (Å²) >= 11 is 0. The summed E-state index contributed by atoms with van der Waals surface area (Å²) in [6.07, 6.45) is 11.5. The van der Waals surface area contributed by atoms with Gasteiger partial charge in [-0.05, 0) is 38.1 Å². The third-order valence-electron chi connectivity index (χ3n) is 4.21. The van der Waals surface area contributed by atoms with Crippen LogP contribution in [0.25, 0.3) is 0 Å². The summed E-state index contributed by atoms with van der Waals surface area (Å²) in [5.74, 6) is 1.98. The maximum atomic E-state index is 3.50. The van der Waals surface area contributed by atoms with Gasteiger partial charge in [-0.15, -0.1) is 0 Å². The molecular formula is C14H29N. The number of hydrogen-bond donors (Lipinski definition) is 1. The Morgan fingerprint density at radius 3 is 2.53 bits per heavy atom. The van der Waals surface area contributed by atoms with E-state index in [1.165, 1.54) is 51.4 Å². The van der Waals surface area contributed by atoms with Crippen LogP contribution in [0.3, 0.4) is 0 Å². The monoisotopic (exact) mass is 211 g/mol. The zero-order chi connectivity index (χ0) is 11.1. The normalized spacial score (nSPS) is 29.8. The molecule has 1 N–H and O–H groups in total. The summed E-state index contributed by atoms with van der Waals surface area (Å²) < 4.78 is 0. The van der Waals surface area contributed by atoms with Gasteiger partial charge in [0.15, 0.2) is 0 Å². The number of rotatable bonds is 5. The smallest absolute Gasteiger partial charge is 0.00897 e. The Balaban J connectivity index is 2.37. The molecule has 3 unspecified atom stereocenters. The third kappa shape index (κ3) is 4.14. The number of nitrogens with one attached hydrogen (secondary N) is 1. The minimum absolute atomic E-state index is 0.769. The zero-order valence-corrected chi connectivity index (χ0v) is 10.9. The fourth-order valence-electron chi connectivity index (χ4n) is 3.28. The van der Waals surface area contributed by atoms with Crippen molar-refractivity contribution in [2.24, 2.45) is 11.8 Å². The molecule has 0 radical (unpaired) electrons. The van der Waals surface area contributed by atoms with E-state index in [-0.39, 0.29) is 0 Å². The molecule has 1 rings (SSSR count). The molecule has 0 amide bonds. The summed E-state index contributed by atoms with van der Waals surface area (Å²) in [7, 11) is 2.13. The van der Waals surface area contributed by atoms with Crippen molar-refractivity contribution < 1.29 is 0 Å². The van der Waals surface area contributed by atoms with Crippen LogP contribution >= 0.6 is 0 Å². The van der Waals surface area contributed by atoms with Crippen LogP contribution in [0.5, 0.6) is 0 Å². The van der Waals surface area contributed by atoms with E-state index in [1.54, 1.807) is 0 Å². The van der Waals surface area contributed by atoms with E-state index in [4.69, 9.17) is 0 Å². The third-order valence-corrected chi connectivity index (χ3v) is 4.21.